The molecular weight excluding hydrogens is 198 g/mol. The van der Waals surface area contributed by atoms with Gasteiger partial charge in [-0.3, -0.25) is 4.90 Å². The van der Waals surface area contributed by atoms with Gasteiger partial charge in [0, 0.05) is 30.6 Å². The number of hydrogen-bond acceptors (Lipinski definition) is 2. The van der Waals surface area contributed by atoms with Crippen LogP contribution < -0.4 is 0 Å². The van der Waals surface area contributed by atoms with Gasteiger partial charge in [0.1, 0.15) is 5.75 Å². The smallest absolute Gasteiger partial charge is 0.119 e. The Morgan fingerprint density at radius 3 is 3.19 bits per heavy atom. The molecule has 1 saturated heterocycles. The predicted molar refractivity (Wildman–Crippen MR) is 64.7 cm³/mol. The molecule has 16 heavy (non-hydrogen) atoms. The number of aryl methyl sites for hydroxylation is 1. The van der Waals surface area contributed by atoms with Gasteiger partial charge in [0.2, 0.25) is 0 Å². The zero-order valence-corrected chi connectivity index (χ0v) is 9.39. The number of fused-ring (bicyclic) bond motifs is 3. The van der Waals surface area contributed by atoms with E-state index in [1.54, 1.807) is 0 Å². The minimum Gasteiger partial charge on any atom is -0.508 e. The number of rotatable bonds is 2. The lowest BCUT2D eigenvalue weighted by atomic mass is 9.72. The fraction of sp³-hybridized carbons (Fsp3) is 0.429. The van der Waals surface area contributed by atoms with E-state index in [0.717, 1.165) is 19.5 Å². The summed E-state index contributed by atoms with van der Waals surface area (Å²) in [5.74, 6) is 1.04. The summed E-state index contributed by atoms with van der Waals surface area (Å²) in [5.41, 5.74) is 2.55. The van der Waals surface area contributed by atoms with Gasteiger partial charge in [-0.05, 0) is 24.5 Å². The molecule has 1 aliphatic carbocycles. The number of hydrogen-bond donors (Lipinski definition) is 1. The van der Waals surface area contributed by atoms with Gasteiger partial charge in [-0.15, -0.1) is 6.58 Å². The molecule has 1 aromatic carbocycles. The molecule has 0 bridgehead atoms. The highest BCUT2D eigenvalue weighted by Crippen LogP contribution is 2.45. The summed E-state index contributed by atoms with van der Waals surface area (Å²) in [5, 5.41) is 9.96. The van der Waals surface area contributed by atoms with Gasteiger partial charge >= 0.3 is 0 Å². The van der Waals surface area contributed by atoms with Crippen molar-refractivity contribution in [1.29, 1.82) is 0 Å². The van der Waals surface area contributed by atoms with E-state index in [4.69, 9.17) is 0 Å². The van der Waals surface area contributed by atoms with Crippen molar-refractivity contribution in [3.05, 3.63) is 42.0 Å². The van der Waals surface area contributed by atoms with Gasteiger partial charge in [-0.2, -0.15) is 0 Å². The van der Waals surface area contributed by atoms with E-state index >= 15 is 0 Å². The van der Waals surface area contributed by atoms with Crippen LogP contribution in [0.4, 0.5) is 0 Å². The van der Waals surface area contributed by atoms with Crippen LogP contribution in [0.1, 0.15) is 23.5 Å². The Kier molecular flexibility index (Phi) is 2.25. The van der Waals surface area contributed by atoms with Crippen LogP contribution >= 0.6 is 0 Å². The van der Waals surface area contributed by atoms with Gasteiger partial charge in [0.25, 0.3) is 0 Å². The van der Waals surface area contributed by atoms with Gasteiger partial charge < -0.3 is 5.11 Å². The van der Waals surface area contributed by atoms with Crippen LogP contribution in [-0.2, 0) is 6.42 Å². The molecule has 0 aromatic heterocycles. The second-order valence-corrected chi connectivity index (χ2v) is 4.81. The molecule has 1 heterocycles. The molecule has 3 rings (SSSR count). The van der Waals surface area contributed by atoms with Crippen molar-refractivity contribution >= 4 is 0 Å². The summed E-state index contributed by atoms with van der Waals surface area (Å²) < 4.78 is 0. The molecule has 1 fully saturated rings. The van der Waals surface area contributed by atoms with Gasteiger partial charge in [-0.25, -0.2) is 0 Å². The van der Waals surface area contributed by atoms with Crippen molar-refractivity contribution < 1.29 is 5.11 Å². The molecule has 2 aliphatic rings. The molecule has 1 N–H and O–H groups in total. The van der Waals surface area contributed by atoms with Crippen LogP contribution in [0.2, 0.25) is 0 Å². The third-order valence-corrected chi connectivity index (χ3v) is 3.98. The first-order valence-electron chi connectivity index (χ1n) is 5.97. The van der Waals surface area contributed by atoms with Crippen molar-refractivity contribution in [1.82, 2.24) is 4.90 Å². The average Bonchev–Trinajstić information content (AvgIpc) is 2.26. The fourth-order valence-electron chi connectivity index (χ4n) is 3.22. The van der Waals surface area contributed by atoms with Crippen molar-refractivity contribution in [3.63, 3.8) is 0 Å². The molecule has 0 amide bonds. The maximum Gasteiger partial charge on any atom is 0.119 e. The first kappa shape index (κ1) is 9.91. The van der Waals surface area contributed by atoms with Crippen LogP contribution in [0.15, 0.2) is 30.9 Å². The molecule has 2 atom stereocenters. The Morgan fingerprint density at radius 1 is 1.50 bits per heavy atom. The number of aromatic hydroxyl groups is 1. The van der Waals surface area contributed by atoms with Crippen LogP contribution in [-0.4, -0.2) is 29.1 Å². The number of phenolic OH excluding ortho intramolecular Hbond substituents is 1. The molecular formula is C14H17NO. The van der Waals surface area contributed by atoms with Crippen molar-refractivity contribution in [2.45, 2.75) is 24.8 Å². The molecule has 2 nitrogen and oxygen atoms in total. The Labute approximate surface area is 96.2 Å². The lowest BCUT2D eigenvalue weighted by molar-refractivity contribution is 0.0578. The number of phenols is 1. The van der Waals surface area contributed by atoms with Gasteiger partial charge in [0.15, 0.2) is 0 Å². The molecule has 0 unspecified atom stereocenters. The average molecular weight is 215 g/mol. The van der Waals surface area contributed by atoms with E-state index in [1.165, 1.54) is 17.5 Å². The summed E-state index contributed by atoms with van der Waals surface area (Å²) in [6, 6.07) is 6.55. The largest absolute Gasteiger partial charge is 0.508 e. The summed E-state index contributed by atoms with van der Waals surface area (Å²) in [6.07, 6.45) is 4.28. The Hall–Kier alpha value is -1.28. The molecule has 1 aliphatic heterocycles. The first-order valence-corrected chi connectivity index (χ1v) is 5.97. The van der Waals surface area contributed by atoms with Crippen molar-refractivity contribution in [2.24, 2.45) is 0 Å². The number of likely N-dealkylation sites (tertiary alicyclic amines) is 1. The Bertz CT molecular complexity index is 427. The second-order valence-electron chi connectivity index (χ2n) is 4.81. The second kappa shape index (κ2) is 3.63. The van der Waals surface area contributed by atoms with E-state index < -0.39 is 0 Å². The van der Waals surface area contributed by atoms with Gasteiger partial charge in [-0.1, -0.05) is 18.2 Å². The highest BCUT2D eigenvalue weighted by molar-refractivity contribution is 5.46. The monoisotopic (exact) mass is 215 g/mol. The SMILES string of the molecule is C=CCN1C[C@H]2c3c(O)cccc3CC[C@H]21. The minimum atomic E-state index is 0.491. The molecule has 2 heteroatoms. The summed E-state index contributed by atoms with van der Waals surface area (Å²) in [7, 11) is 0. The predicted octanol–water partition coefficient (Wildman–Crippen LogP) is 2.29. The van der Waals surface area contributed by atoms with E-state index in [0.29, 0.717) is 17.7 Å². The maximum absolute atomic E-state index is 9.96. The highest BCUT2D eigenvalue weighted by Gasteiger charge is 2.43. The fourth-order valence-corrected chi connectivity index (χ4v) is 3.22. The molecule has 84 valence electrons. The minimum absolute atomic E-state index is 0.491. The molecule has 0 spiro atoms. The van der Waals surface area contributed by atoms with Gasteiger partial charge in [0.05, 0.1) is 0 Å². The molecule has 0 radical (unpaired) electrons. The topological polar surface area (TPSA) is 23.5 Å². The third-order valence-electron chi connectivity index (χ3n) is 3.98. The first-order chi connectivity index (χ1) is 7.81. The standard InChI is InChI=1S/C14H17NO/c1-2-8-15-9-11-12(15)7-6-10-4-3-5-13(16)14(10)11/h2-5,11-12,16H,1,6-9H2/t11-,12-/m1/s1. The number of benzene rings is 1. The summed E-state index contributed by atoms with van der Waals surface area (Å²) in [6.45, 7) is 5.84. The summed E-state index contributed by atoms with van der Waals surface area (Å²) in [4.78, 5) is 2.45. The summed E-state index contributed by atoms with van der Waals surface area (Å²) >= 11 is 0. The van der Waals surface area contributed by atoms with Crippen LogP contribution in [0, 0.1) is 0 Å². The van der Waals surface area contributed by atoms with Crippen LogP contribution in [0.5, 0.6) is 5.75 Å². The van der Waals surface area contributed by atoms with E-state index in [9.17, 15) is 5.11 Å². The Morgan fingerprint density at radius 2 is 2.38 bits per heavy atom. The highest BCUT2D eigenvalue weighted by atomic mass is 16.3. The maximum atomic E-state index is 9.96. The van der Waals surface area contributed by atoms with E-state index in [-0.39, 0.29) is 0 Å². The zero-order chi connectivity index (χ0) is 11.1. The van der Waals surface area contributed by atoms with Crippen molar-refractivity contribution in [3.8, 4) is 5.75 Å². The van der Waals surface area contributed by atoms with E-state index in [2.05, 4.69) is 17.5 Å². The van der Waals surface area contributed by atoms with Crippen LogP contribution in [0.3, 0.4) is 0 Å². The van der Waals surface area contributed by atoms with Crippen molar-refractivity contribution in [2.75, 3.05) is 13.1 Å². The lowest BCUT2D eigenvalue weighted by Crippen LogP contribution is -2.56. The third kappa shape index (κ3) is 1.30. The molecule has 1 aromatic rings. The Balaban J connectivity index is 1.90. The van der Waals surface area contributed by atoms with Crippen LogP contribution in [0.25, 0.3) is 0 Å². The van der Waals surface area contributed by atoms with E-state index in [1.807, 2.05) is 18.2 Å². The lowest BCUT2D eigenvalue weighted by Gasteiger charge is -2.51. The number of nitrogens with zero attached hydrogens (tertiary/aromatic N) is 1. The zero-order valence-electron chi connectivity index (χ0n) is 9.39. The molecule has 0 saturated carbocycles. The quantitative estimate of drug-likeness (QED) is 0.765. The normalized spacial score (nSPS) is 27.8.